The van der Waals surface area contributed by atoms with E-state index < -0.39 is 0 Å². The number of amides is 1. The predicted octanol–water partition coefficient (Wildman–Crippen LogP) is 3.36. The van der Waals surface area contributed by atoms with Crippen molar-refractivity contribution in [3.8, 4) is 11.5 Å². The molecule has 6 heteroatoms. The van der Waals surface area contributed by atoms with Crippen LogP contribution in [0.15, 0.2) is 46.5 Å². The van der Waals surface area contributed by atoms with Crippen LogP contribution in [0.25, 0.3) is 11.5 Å². The number of hydrogen-bond donors (Lipinski definition) is 1. The Labute approximate surface area is 138 Å². The highest BCUT2D eigenvalue weighted by Gasteiger charge is 2.09. The van der Waals surface area contributed by atoms with Crippen LogP contribution >= 0.6 is 11.3 Å². The second-order valence-corrected chi connectivity index (χ2v) is 6.09. The van der Waals surface area contributed by atoms with E-state index in [0.717, 1.165) is 22.6 Å². The van der Waals surface area contributed by atoms with E-state index in [-0.39, 0.29) is 5.91 Å². The van der Waals surface area contributed by atoms with E-state index in [2.05, 4.69) is 15.3 Å². The van der Waals surface area contributed by atoms with Crippen molar-refractivity contribution >= 4 is 17.2 Å². The predicted molar refractivity (Wildman–Crippen MR) is 89.0 cm³/mol. The van der Waals surface area contributed by atoms with Gasteiger partial charge < -0.3 is 9.73 Å². The molecule has 23 heavy (non-hydrogen) atoms. The topological polar surface area (TPSA) is 68.0 Å². The lowest BCUT2D eigenvalue weighted by Crippen LogP contribution is -2.23. The number of aryl methyl sites for hydroxylation is 2. The molecule has 0 bridgehead atoms. The molecular weight excluding hydrogens is 310 g/mol. The van der Waals surface area contributed by atoms with Crippen LogP contribution in [-0.4, -0.2) is 15.9 Å². The number of nitrogens with one attached hydrogen (secondary N) is 1. The second kappa shape index (κ2) is 7.19. The van der Waals surface area contributed by atoms with E-state index in [1.165, 1.54) is 0 Å². The van der Waals surface area contributed by atoms with Crippen LogP contribution in [-0.2, 0) is 17.8 Å². The standard InChI is InChI=1S/C17H17N3O2S/c1-12-15(23-11-19-12)7-8-16(21)18-9-14-10-22-17(20-14)13-5-3-2-4-6-13/h2-6,10-11H,7-9H2,1H3,(H,18,21). The number of thiazole rings is 1. The minimum Gasteiger partial charge on any atom is -0.444 e. The Morgan fingerprint density at radius 3 is 2.87 bits per heavy atom. The number of carbonyl (C=O) groups excluding carboxylic acids is 1. The van der Waals surface area contributed by atoms with Gasteiger partial charge >= 0.3 is 0 Å². The molecule has 0 aliphatic heterocycles. The first-order valence-corrected chi connectivity index (χ1v) is 8.26. The third-order valence-electron chi connectivity index (χ3n) is 3.46. The maximum absolute atomic E-state index is 11.9. The molecule has 0 unspecified atom stereocenters. The van der Waals surface area contributed by atoms with Gasteiger partial charge in [-0.15, -0.1) is 11.3 Å². The van der Waals surface area contributed by atoms with Crippen molar-refractivity contribution in [2.24, 2.45) is 0 Å². The van der Waals surface area contributed by atoms with E-state index >= 15 is 0 Å². The molecule has 2 aromatic heterocycles. The first kappa shape index (κ1) is 15.4. The molecule has 0 saturated carbocycles. The van der Waals surface area contributed by atoms with Crippen molar-refractivity contribution in [1.82, 2.24) is 15.3 Å². The van der Waals surface area contributed by atoms with Gasteiger partial charge in [-0.05, 0) is 25.5 Å². The smallest absolute Gasteiger partial charge is 0.226 e. The van der Waals surface area contributed by atoms with Crippen LogP contribution in [0.3, 0.4) is 0 Å². The molecule has 0 fully saturated rings. The summed E-state index contributed by atoms with van der Waals surface area (Å²) in [4.78, 5) is 21.6. The van der Waals surface area contributed by atoms with Crippen molar-refractivity contribution in [3.05, 3.63) is 58.4 Å². The Hall–Kier alpha value is -2.47. The summed E-state index contributed by atoms with van der Waals surface area (Å²) in [6, 6.07) is 9.68. The zero-order chi connectivity index (χ0) is 16.1. The van der Waals surface area contributed by atoms with Gasteiger partial charge in [0, 0.05) is 16.9 Å². The molecule has 0 spiro atoms. The molecule has 0 saturated heterocycles. The molecule has 1 aromatic carbocycles. The Kier molecular flexibility index (Phi) is 4.83. The van der Waals surface area contributed by atoms with Crippen molar-refractivity contribution < 1.29 is 9.21 Å². The summed E-state index contributed by atoms with van der Waals surface area (Å²) < 4.78 is 5.45. The molecule has 5 nitrogen and oxygen atoms in total. The zero-order valence-electron chi connectivity index (χ0n) is 12.8. The SMILES string of the molecule is Cc1ncsc1CCC(=O)NCc1coc(-c2ccccc2)n1. The number of hydrogen-bond acceptors (Lipinski definition) is 5. The highest BCUT2D eigenvalue weighted by Crippen LogP contribution is 2.18. The second-order valence-electron chi connectivity index (χ2n) is 5.15. The molecule has 0 aliphatic carbocycles. The number of nitrogens with zero attached hydrogens (tertiary/aromatic N) is 2. The number of rotatable bonds is 6. The molecule has 1 amide bonds. The van der Waals surface area contributed by atoms with Crippen LogP contribution < -0.4 is 5.32 Å². The first-order chi connectivity index (χ1) is 11.2. The number of oxazole rings is 1. The van der Waals surface area contributed by atoms with Gasteiger partial charge in [0.1, 0.15) is 6.26 Å². The van der Waals surface area contributed by atoms with Gasteiger partial charge in [0.05, 0.1) is 23.4 Å². The van der Waals surface area contributed by atoms with E-state index in [1.807, 2.05) is 42.8 Å². The van der Waals surface area contributed by atoms with Crippen LogP contribution in [0.4, 0.5) is 0 Å². The van der Waals surface area contributed by atoms with Gasteiger partial charge in [0.2, 0.25) is 11.8 Å². The van der Waals surface area contributed by atoms with Gasteiger partial charge in [-0.1, -0.05) is 18.2 Å². The quantitative estimate of drug-likeness (QED) is 0.754. The zero-order valence-corrected chi connectivity index (χ0v) is 13.6. The highest BCUT2D eigenvalue weighted by atomic mass is 32.1. The highest BCUT2D eigenvalue weighted by molar-refractivity contribution is 7.09. The molecular formula is C17H17N3O2S. The van der Waals surface area contributed by atoms with Crippen molar-refractivity contribution in [2.45, 2.75) is 26.3 Å². The molecule has 1 N–H and O–H groups in total. The summed E-state index contributed by atoms with van der Waals surface area (Å²) in [5, 5.41) is 2.87. The number of aromatic nitrogens is 2. The fourth-order valence-electron chi connectivity index (χ4n) is 2.17. The summed E-state index contributed by atoms with van der Waals surface area (Å²) in [7, 11) is 0. The van der Waals surface area contributed by atoms with Gasteiger partial charge in [-0.2, -0.15) is 0 Å². The van der Waals surface area contributed by atoms with Gasteiger partial charge in [0.15, 0.2) is 0 Å². The van der Waals surface area contributed by atoms with Crippen LogP contribution in [0, 0.1) is 6.92 Å². The average Bonchev–Trinajstić information content (AvgIpc) is 3.21. The largest absolute Gasteiger partial charge is 0.444 e. The van der Waals surface area contributed by atoms with Crippen molar-refractivity contribution in [2.75, 3.05) is 0 Å². The number of carbonyl (C=O) groups is 1. The first-order valence-electron chi connectivity index (χ1n) is 7.38. The molecule has 3 rings (SSSR count). The van der Waals surface area contributed by atoms with Crippen LogP contribution in [0.1, 0.15) is 22.7 Å². The average molecular weight is 327 g/mol. The molecule has 0 radical (unpaired) electrons. The van der Waals surface area contributed by atoms with Gasteiger partial charge in [-0.25, -0.2) is 9.97 Å². The third-order valence-corrected chi connectivity index (χ3v) is 4.46. The summed E-state index contributed by atoms with van der Waals surface area (Å²) in [6.45, 7) is 2.33. The summed E-state index contributed by atoms with van der Waals surface area (Å²) >= 11 is 1.59. The van der Waals surface area contributed by atoms with E-state index in [1.54, 1.807) is 17.6 Å². The maximum atomic E-state index is 11.9. The third kappa shape index (κ3) is 4.04. The van der Waals surface area contributed by atoms with E-state index in [0.29, 0.717) is 24.6 Å². The Balaban J connectivity index is 1.50. The van der Waals surface area contributed by atoms with Crippen LogP contribution in [0.5, 0.6) is 0 Å². The Morgan fingerprint density at radius 2 is 2.13 bits per heavy atom. The fourth-order valence-corrected chi connectivity index (χ4v) is 2.95. The lowest BCUT2D eigenvalue weighted by atomic mass is 10.2. The maximum Gasteiger partial charge on any atom is 0.226 e. The molecule has 118 valence electrons. The van der Waals surface area contributed by atoms with Crippen LogP contribution in [0.2, 0.25) is 0 Å². The lowest BCUT2D eigenvalue weighted by molar-refractivity contribution is -0.121. The monoisotopic (exact) mass is 327 g/mol. The minimum atomic E-state index is 0.00191. The summed E-state index contributed by atoms with van der Waals surface area (Å²) in [5.74, 6) is 0.567. The lowest BCUT2D eigenvalue weighted by Gasteiger charge is -2.02. The molecule has 3 aromatic rings. The minimum absolute atomic E-state index is 0.00191. The van der Waals surface area contributed by atoms with E-state index in [4.69, 9.17) is 4.42 Å². The van der Waals surface area contributed by atoms with Gasteiger partial charge in [-0.3, -0.25) is 4.79 Å². The van der Waals surface area contributed by atoms with Gasteiger partial charge in [0.25, 0.3) is 0 Å². The number of benzene rings is 1. The fraction of sp³-hybridized carbons (Fsp3) is 0.235. The molecule has 0 atom stereocenters. The summed E-state index contributed by atoms with van der Waals surface area (Å²) in [6.07, 6.45) is 2.75. The van der Waals surface area contributed by atoms with Crippen molar-refractivity contribution in [3.63, 3.8) is 0 Å². The normalized spacial score (nSPS) is 10.7. The Bertz CT molecular complexity index is 780. The molecule has 2 heterocycles. The van der Waals surface area contributed by atoms with E-state index in [9.17, 15) is 4.79 Å². The molecule has 0 aliphatic rings. The van der Waals surface area contributed by atoms with Crippen molar-refractivity contribution in [1.29, 1.82) is 0 Å². The summed E-state index contributed by atoms with van der Waals surface area (Å²) in [5.41, 5.74) is 4.45. The Morgan fingerprint density at radius 1 is 1.30 bits per heavy atom.